The molecule has 0 aliphatic rings. The highest BCUT2D eigenvalue weighted by atomic mass is 19.3. The zero-order valence-corrected chi connectivity index (χ0v) is 20.2. The van der Waals surface area contributed by atoms with Gasteiger partial charge in [0.15, 0.2) is 5.69 Å². The second kappa shape index (κ2) is 9.73. The highest BCUT2D eigenvalue weighted by Crippen LogP contribution is 2.37. The Bertz CT molecular complexity index is 1420. The van der Waals surface area contributed by atoms with Crippen LogP contribution in [-0.4, -0.2) is 28.2 Å². The number of H-pyrrole nitrogens is 1. The number of hydrogen-bond acceptors (Lipinski definition) is 5. The number of carbonyl (C=O) groups is 1. The first-order chi connectivity index (χ1) is 17.2. The fourth-order valence-electron chi connectivity index (χ4n) is 4.08. The summed E-state index contributed by atoms with van der Waals surface area (Å²) in [6.07, 6.45) is 1.18. The molecule has 0 radical (unpaired) electrons. The molecule has 2 heterocycles. The number of nitrogens with one attached hydrogen (secondary N) is 2. The van der Waals surface area contributed by atoms with Crippen LogP contribution in [0.25, 0.3) is 22.6 Å². The third-order valence-corrected chi connectivity index (χ3v) is 6.00. The Morgan fingerprint density at radius 2 is 1.97 bits per heavy atom. The molecule has 0 atom stereocenters. The number of benzene rings is 2. The minimum Gasteiger partial charge on any atom is -0.710 e. The number of methoxy groups -OCH3 is 1. The zero-order chi connectivity index (χ0) is 26.0. The van der Waals surface area contributed by atoms with Gasteiger partial charge in [0.1, 0.15) is 5.75 Å². The number of nitrogens with zero attached hydrogens (tertiary/aromatic N) is 3. The summed E-state index contributed by atoms with van der Waals surface area (Å²) in [7, 11) is 1.54. The molecule has 0 aliphatic carbocycles. The van der Waals surface area contributed by atoms with Crippen molar-refractivity contribution in [2.45, 2.75) is 33.1 Å². The summed E-state index contributed by atoms with van der Waals surface area (Å²) in [5.41, 5.74) is 2.57. The molecule has 186 valence electrons. The summed E-state index contributed by atoms with van der Waals surface area (Å²) in [5, 5.41) is 23.9. The lowest BCUT2D eigenvalue weighted by molar-refractivity contribution is -0.594. The van der Waals surface area contributed by atoms with Gasteiger partial charge < -0.3 is 15.3 Å². The molecule has 2 N–H and O–H groups in total. The van der Waals surface area contributed by atoms with Crippen LogP contribution in [0, 0.1) is 19.1 Å². The van der Waals surface area contributed by atoms with Gasteiger partial charge in [0.05, 0.1) is 18.4 Å². The van der Waals surface area contributed by atoms with Gasteiger partial charge in [-0.05, 0) is 48.9 Å². The molecule has 0 saturated heterocycles. The van der Waals surface area contributed by atoms with Crippen LogP contribution in [0.5, 0.6) is 5.75 Å². The van der Waals surface area contributed by atoms with Crippen molar-refractivity contribution in [2.75, 3.05) is 12.4 Å². The van der Waals surface area contributed by atoms with Crippen LogP contribution in [0.4, 0.5) is 14.5 Å². The molecule has 10 heteroatoms. The highest BCUT2D eigenvalue weighted by Gasteiger charge is 2.30. The molecule has 1 amide bonds. The molecule has 0 aliphatic heterocycles. The molecule has 4 aromatic rings. The number of rotatable bonds is 7. The number of aryl methyl sites for hydroxylation is 1. The Morgan fingerprint density at radius 3 is 2.64 bits per heavy atom. The lowest BCUT2D eigenvalue weighted by Crippen LogP contribution is -2.36. The first-order valence-corrected chi connectivity index (χ1v) is 11.3. The molecular formula is C26H25F2N5O3. The molecular weight excluding hydrogens is 468 g/mol. The summed E-state index contributed by atoms with van der Waals surface area (Å²) in [5.74, 6) is -3.04. The van der Waals surface area contributed by atoms with E-state index in [-0.39, 0.29) is 29.2 Å². The van der Waals surface area contributed by atoms with E-state index in [1.54, 1.807) is 37.4 Å². The van der Waals surface area contributed by atoms with E-state index in [0.717, 1.165) is 0 Å². The lowest BCUT2D eigenvalue weighted by atomic mass is 9.98. The van der Waals surface area contributed by atoms with Gasteiger partial charge >= 0.3 is 0 Å². The fraction of sp³-hybridized carbons (Fsp3) is 0.231. The smallest absolute Gasteiger partial charge is 0.300 e. The molecule has 36 heavy (non-hydrogen) atoms. The van der Waals surface area contributed by atoms with E-state index in [4.69, 9.17) is 4.74 Å². The van der Waals surface area contributed by atoms with Crippen LogP contribution >= 0.6 is 0 Å². The van der Waals surface area contributed by atoms with Crippen molar-refractivity contribution in [1.29, 1.82) is 0 Å². The summed E-state index contributed by atoms with van der Waals surface area (Å²) in [6.45, 7) is 4.79. The SMILES string of the molecule is CCC(F)(F)c1cccc(NC(=O)c2c(C)[nH]c(-c3ccc(OC)c(-c4cccnn4)c3C)[n+]2[O-])c1. The summed E-state index contributed by atoms with van der Waals surface area (Å²) < 4.78 is 34.2. The summed E-state index contributed by atoms with van der Waals surface area (Å²) >= 11 is 0. The van der Waals surface area contributed by atoms with Gasteiger partial charge in [-0.15, -0.1) is 0 Å². The Hall–Kier alpha value is -4.34. The lowest BCUT2D eigenvalue weighted by Gasteiger charge is -2.16. The van der Waals surface area contributed by atoms with Gasteiger partial charge in [-0.1, -0.05) is 19.1 Å². The Kier molecular flexibility index (Phi) is 6.69. The molecule has 2 aromatic heterocycles. The van der Waals surface area contributed by atoms with Crippen molar-refractivity contribution in [2.24, 2.45) is 0 Å². The largest absolute Gasteiger partial charge is 0.710 e. The average Bonchev–Trinajstić information content (AvgIpc) is 3.17. The standard InChI is InChI=1S/C26H25F2N5O3/c1-5-26(27,28)17-8-6-9-18(14-17)31-25(34)23-16(3)30-24(33(23)35)19-11-12-21(36-4)22(15(19)2)20-10-7-13-29-32-20/h6-14,30H,5H2,1-4H3,(H,31,34). The van der Waals surface area contributed by atoms with Gasteiger partial charge in [-0.25, -0.2) is 18.5 Å². The number of carbonyl (C=O) groups excluding carboxylic acids is 1. The van der Waals surface area contributed by atoms with Crippen molar-refractivity contribution < 1.29 is 23.0 Å². The molecule has 0 saturated carbocycles. The van der Waals surface area contributed by atoms with E-state index in [2.05, 4.69) is 20.5 Å². The van der Waals surface area contributed by atoms with Crippen molar-refractivity contribution in [1.82, 2.24) is 15.2 Å². The van der Waals surface area contributed by atoms with Gasteiger partial charge in [-0.3, -0.25) is 4.79 Å². The molecule has 2 aromatic carbocycles. The molecule has 0 unspecified atom stereocenters. The molecule has 0 fully saturated rings. The van der Waals surface area contributed by atoms with Crippen molar-refractivity contribution in [3.05, 3.63) is 82.4 Å². The number of alkyl halides is 2. The second-order valence-corrected chi connectivity index (χ2v) is 8.26. The maximum absolute atomic E-state index is 14.1. The highest BCUT2D eigenvalue weighted by molar-refractivity contribution is 6.03. The van der Waals surface area contributed by atoms with Gasteiger partial charge in [0.2, 0.25) is 5.69 Å². The number of hydrogen-bond donors (Lipinski definition) is 2. The molecule has 0 bridgehead atoms. The second-order valence-electron chi connectivity index (χ2n) is 8.26. The van der Waals surface area contributed by atoms with E-state index in [1.807, 2.05) is 6.92 Å². The number of amides is 1. The van der Waals surface area contributed by atoms with Crippen LogP contribution in [0.2, 0.25) is 0 Å². The number of imidazole rings is 1. The fourth-order valence-corrected chi connectivity index (χ4v) is 4.08. The number of aromatic nitrogens is 4. The number of halogens is 2. The topological polar surface area (TPSA) is 107 Å². The maximum Gasteiger partial charge on any atom is 0.300 e. The van der Waals surface area contributed by atoms with E-state index < -0.39 is 11.8 Å². The van der Waals surface area contributed by atoms with Crippen molar-refractivity contribution in [3.63, 3.8) is 0 Å². The van der Waals surface area contributed by atoms with E-state index >= 15 is 0 Å². The van der Waals surface area contributed by atoms with Crippen LogP contribution in [-0.2, 0) is 5.92 Å². The Labute approximate surface area is 206 Å². The first-order valence-electron chi connectivity index (χ1n) is 11.3. The normalized spacial score (nSPS) is 11.4. The molecule has 8 nitrogen and oxygen atoms in total. The predicted molar refractivity (Wildman–Crippen MR) is 131 cm³/mol. The first kappa shape index (κ1) is 24.8. The number of anilines is 1. The van der Waals surface area contributed by atoms with Crippen LogP contribution in [0.15, 0.2) is 54.7 Å². The van der Waals surface area contributed by atoms with Crippen LogP contribution < -0.4 is 14.8 Å². The van der Waals surface area contributed by atoms with E-state index in [0.29, 0.717) is 38.6 Å². The number of aromatic amines is 1. The van der Waals surface area contributed by atoms with Crippen LogP contribution in [0.3, 0.4) is 0 Å². The van der Waals surface area contributed by atoms with Gasteiger partial charge in [-0.2, -0.15) is 10.2 Å². The third-order valence-electron chi connectivity index (χ3n) is 6.00. The molecule has 0 spiro atoms. The minimum atomic E-state index is -3.02. The van der Waals surface area contributed by atoms with E-state index in [1.165, 1.54) is 38.3 Å². The summed E-state index contributed by atoms with van der Waals surface area (Å²) in [6, 6.07) is 12.4. The van der Waals surface area contributed by atoms with Crippen molar-refractivity contribution >= 4 is 11.6 Å². The van der Waals surface area contributed by atoms with Crippen LogP contribution in [0.1, 0.15) is 40.7 Å². The summed E-state index contributed by atoms with van der Waals surface area (Å²) in [4.78, 5) is 16.0. The van der Waals surface area contributed by atoms with Gasteiger partial charge in [0, 0.05) is 36.4 Å². The quantitative estimate of drug-likeness (QED) is 0.273. The van der Waals surface area contributed by atoms with Gasteiger partial charge in [0.25, 0.3) is 17.7 Å². The Balaban J connectivity index is 1.72. The Morgan fingerprint density at radius 1 is 1.19 bits per heavy atom. The molecule has 4 rings (SSSR count). The van der Waals surface area contributed by atoms with E-state index in [9.17, 15) is 18.8 Å². The third kappa shape index (κ3) is 4.49. The zero-order valence-electron chi connectivity index (χ0n) is 20.2. The monoisotopic (exact) mass is 493 g/mol. The minimum absolute atomic E-state index is 0.147. The number of ether oxygens (including phenoxy) is 1. The predicted octanol–water partition coefficient (Wildman–Crippen LogP) is 5.15. The maximum atomic E-state index is 14.1. The van der Waals surface area contributed by atoms with Crippen molar-refractivity contribution in [3.8, 4) is 28.4 Å². The average molecular weight is 494 g/mol.